The minimum atomic E-state index is -0.882. The average Bonchev–Trinajstić information content (AvgIpc) is 3.35. The number of pyridine rings is 1. The van der Waals surface area contributed by atoms with Crippen molar-refractivity contribution in [3.8, 4) is 10.6 Å². The lowest BCUT2D eigenvalue weighted by Gasteiger charge is -2.12. The molecule has 4 nitrogen and oxygen atoms in total. The van der Waals surface area contributed by atoms with Gasteiger partial charge >= 0.3 is 0 Å². The summed E-state index contributed by atoms with van der Waals surface area (Å²) in [5.41, 5.74) is 2.86. The number of aromatic nitrogens is 2. The molecule has 5 heteroatoms. The fraction of sp³-hybridized carbons (Fsp3) is 0.143. The van der Waals surface area contributed by atoms with Gasteiger partial charge in [0.15, 0.2) is 5.76 Å². The molecule has 1 atom stereocenters. The molecule has 0 fully saturated rings. The SMILES string of the molecule is C/C=C/C=C\C(=C/C)c1onc(-c2cccs2)c1C(O)c1cccnc1. The van der Waals surface area contributed by atoms with Gasteiger partial charge in [-0.25, -0.2) is 0 Å². The van der Waals surface area contributed by atoms with Crippen LogP contribution in [0.4, 0.5) is 0 Å². The summed E-state index contributed by atoms with van der Waals surface area (Å²) < 4.78 is 5.68. The first kappa shape index (κ1) is 18.0. The van der Waals surface area contributed by atoms with Gasteiger partial charge in [0.05, 0.1) is 10.4 Å². The van der Waals surface area contributed by atoms with Crippen LogP contribution >= 0.6 is 11.3 Å². The van der Waals surface area contributed by atoms with Crippen LogP contribution < -0.4 is 0 Å². The molecule has 1 unspecified atom stereocenters. The van der Waals surface area contributed by atoms with E-state index in [9.17, 15) is 5.11 Å². The van der Waals surface area contributed by atoms with Crippen LogP contribution in [0.25, 0.3) is 16.1 Å². The molecule has 0 aliphatic rings. The van der Waals surface area contributed by atoms with Crippen LogP contribution in [0, 0.1) is 0 Å². The van der Waals surface area contributed by atoms with Gasteiger partial charge in [0.2, 0.25) is 0 Å². The van der Waals surface area contributed by atoms with Gasteiger partial charge in [0.25, 0.3) is 0 Å². The van der Waals surface area contributed by atoms with E-state index < -0.39 is 6.10 Å². The Labute approximate surface area is 156 Å². The highest BCUT2D eigenvalue weighted by Gasteiger charge is 2.27. The number of nitrogens with zero attached hydrogens (tertiary/aromatic N) is 2. The predicted octanol–water partition coefficient (Wildman–Crippen LogP) is 5.42. The Hall–Kier alpha value is -2.76. The molecule has 1 N–H and O–H groups in total. The predicted molar refractivity (Wildman–Crippen MR) is 106 cm³/mol. The molecule has 0 aromatic carbocycles. The molecule has 0 aliphatic heterocycles. The summed E-state index contributed by atoms with van der Waals surface area (Å²) in [6, 6.07) is 7.57. The van der Waals surface area contributed by atoms with Crippen molar-refractivity contribution in [1.29, 1.82) is 0 Å². The summed E-state index contributed by atoms with van der Waals surface area (Å²) in [7, 11) is 0. The van der Waals surface area contributed by atoms with Gasteiger partial charge in [-0.2, -0.15) is 0 Å². The number of rotatable bonds is 6. The quantitative estimate of drug-likeness (QED) is 0.594. The van der Waals surface area contributed by atoms with Crippen LogP contribution in [-0.4, -0.2) is 15.2 Å². The van der Waals surface area contributed by atoms with E-state index in [4.69, 9.17) is 4.52 Å². The number of allylic oxidation sites excluding steroid dienone is 6. The maximum Gasteiger partial charge on any atom is 0.173 e. The van der Waals surface area contributed by atoms with E-state index in [0.29, 0.717) is 22.6 Å². The second-order valence-corrected chi connectivity index (χ2v) is 6.52. The Morgan fingerprint density at radius 3 is 2.77 bits per heavy atom. The van der Waals surface area contributed by atoms with Crippen LogP contribution in [0.5, 0.6) is 0 Å². The van der Waals surface area contributed by atoms with Gasteiger partial charge in [-0.3, -0.25) is 4.98 Å². The molecule has 3 aromatic heterocycles. The Bertz CT molecular complexity index is 922. The van der Waals surface area contributed by atoms with E-state index in [1.165, 1.54) is 0 Å². The van der Waals surface area contributed by atoms with E-state index in [0.717, 1.165) is 10.5 Å². The van der Waals surface area contributed by atoms with Crippen LogP contribution in [-0.2, 0) is 0 Å². The molecule has 0 radical (unpaired) electrons. The molecule has 0 bridgehead atoms. The summed E-state index contributed by atoms with van der Waals surface area (Å²) in [5.74, 6) is 0.563. The smallest absolute Gasteiger partial charge is 0.173 e. The molecule has 0 saturated carbocycles. The van der Waals surface area contributed by atoms with Crippen molar-refractivity contribution in [3.05, 3.63) is 89.3 Å². The Kier molecular flexibility index (Phi) is 5.94. The highest BCUT2D eigenvalue weighted by Crippen LogP contribution is 2.38. The van der Waals surface area contributed by atoms with Gasteiger partial charge in [-0.1, -0.05) is 47.7 Å². The molecule has 132 valence electrons. The summed E-state index contributed by atoms with van der Waals surface area (Å²) in [5, 5.41) is 17.3. The summed E-state index contributed by atoms with van der Waals surface area (Å²) in [6.45, 7) is 3.89. The average molecular weight is 364 g/mol. The molecule has 0 aliphatic carbocycles. The van der Waals surface area contributed by atoms with Crippen LogP contribution in [0.1, 0.15) is 36.8 Å². The third-order valence-corrected chi connectivity index (χ3v) is 4.79. The first-order valence-corrected chi connectivity index (χ1v) is 9.21. The zero-order valence-corrected chi connectivity index (χ0v) is 15.5. The first-order chi connectivity index (χ1) is 12.8. The number of hydrogen-bond donors (Lipinski definition) is 1. The van der Waals surface area contributed by atoms with E-state index in [1.807, 2.05) is 67.8 Å². The standard InChI is InChI=1S/C21H20N2O2S/c1-3-5-6-9-15(4-2)21-18(20(24)16-10-7-12-22-14-16)19(23-25-21)17-11-8-13-26-17/h3-14,20,24H,1-2H3/b5-3+,9-6-,15-4+. The van der Waals surface area contributed by atoms with Crippen LogP contribution in [0.15, 0.2) is 76.9 Å². The van der Waals surface area contributed by atoms with Gasteiger partial charge in [0.1, 0.15) is 11.8 Å². The number of thiophene rings is 1. The van der Waals surface area contributed by atoms with Crippen LogP contribution in [0.3, 0.4) is 0 Å². The third kappa shape index (κ3) is 3.74. The Balaban J connectivity index is 2.14. The van der Waals surface area contributed by atoms with Crippen molar-refractivity contribution in [1.82, 2.24) is 10.1 Å². The molecule has 0 saturated heterocycles. The molecular formula is C21H20N2O2S. The van der Waals surface area contributed by atoms with Crippen molar-refractivity contribution in [2.45, 2.75) is 20.0 Å². The highest BCUT2D eigenvalue weighted by molar-refractivity contribution is 7.13. The van der Waals surface area contributed by atoms with Crippen molar-refractivity contribution < 1.29 is 9.63 Å². The van der Waals surface area contributed by atoms with Gasteiger partial charge in [0, 0.05) is 23.5 Å². The monoisotopic (exact) mass is 364 g/mol. The molecular weight excluding hydrogens is 344 g/mol. The maximum atomic E-state index is 11.1. The number of hydrogen-bond acceptors (Lipinski definition) is 5. The van der Waals surface area contributed by atoms with E-state index in [1.54, 1.807) is 29.8 Å². The van der Waals surface area contributed by atoms with Crippen LogP contribution in [0.2, 0.25) is 0 Å². The lowest BCUT2D eigenvalue weighted by atomic mass is 9.96. The molecule has 3 aromatic rings. The lowest BCUT2D eigenvalue weighted by molar-refractivity contribution is 0.218. The third-order valence-electron chi connectivity index (χ3n) is 3.91. The number of aliphatic hydroxyl groups is 1. The zero-order valence-electron chi connectivity index (χ0n) is 14.7. The topological polar surface area (TPSA) is 59.2 Å². The zero-order chi connectivity index (χ0) is 18.4. The molecule has 3 rings (SSSR count). The van der Waals surface area contributed by atoms with Crippen molar-refractivity contribution >= 4 is 16.9 Å². The van der Waals surface area contributed by atoms with Crippen molar-refractivity contribution in [3.63, 3.8) is 0 Å². The van der Waals surface area contributed by atoms with Crippen molar-refractivity contribution in [2.75, 3.05) is 0 Å². The van der Waals surface area contributed by atoms with E-state index >= 15 is 0 Å². The lowest BCUT2D eigenvalue weighted by Crippen LogP contribution is -2.03. The minimum absolute atomic E-state index is 0.563. The van der Waals surface area contributed by atoms with Gasteiger partial charge in [-0.05, 0) is 31.4 Å². The van der Waals surface area contributed by atoms with Crippen molar-refractivity contribution in [2.24, 2.45) is 0 Å². The largest absolute Gasteiger partial charge is 0.383 e. The Morgan fingerprint density at radius 1 is 1.23 bits per heavy atom. The normalized spacial score (nSPS) is 13.7. The fourth-order valence-corrected chi connectivity index (χ4v) is 3.35. The molecule has 0 spiro atoms. The van der Waals surface area contributed by atoms with E-state index in [-0.39, 0.29) is 0 Å². The minimum Gasteiger partial charge on any atom is -0.383 e. The highest BCUT2D eigenvalue weighted by atomic mass is 32.1. The van der Waals surface area contributed by atoms with Gasteiger partial charge < -0.3 is 9.63 Å². The second-order valence-electron chi connectivity index (χ2n) is 5.57. The molecule has 0 amide bonds. The maximum absolute atomic E-state index is 11.1. The molecule has 3 heterocycles. The van der Waals surface area contributed by atoms with E-state index in [2.05, 4.69) is 10.1 Å². The van der Waals surface area contributed by atoms with Gasteiger partial charge in [-0.15, -0.1) is 11.3 Å². The first-order valence-electron chi connectivity index (χ1n) is 8.33. The Morgan fingerprint density at radius 2 is 2.12 bits per heavy atom. The summed E-state index contributed by atoms with van der Waals surface area (Å²) >= 11 is 1.56. The summed E-state index contributed by atoms with van der Waals surface area (Å²) in [4.78, 5) is 5.07. The fourth-order valence-electron chi connectivity index (χ4n) is 2.63. The number of aliphatic hydroxyl groups excluding tert-OH is 1. The second kappa shape index (κ2) is 8.56. The molecule has 26 heavy (non-hydrogen) atoms. The summed E-state index contributed by atoms with van der Waals surface area (Å²) in [6.07, 6.45) is 12.2.